The maximum Gasteiger partial charge on any atom is 0.335 e. The van der Waals surface area contributed by atoms with E-state index in [1.54, 1.807) is 32.4 Å². The van der Waals surface area contributed by atoms with Crippen molar-refractivity contribution in [1.82, 2.24) is 0 Å². The highest BCUT2D eigenvalue weighted by atomic mass is 16.5. The van der Waals surface area contributed by atoms with Crippen LogP contribution in [0.15, 0.2) is 42.5 Å². The van der Waals surface area contributed by atoms with Gasteiger partial charge in [0, 0.05) is 12.0 Å². The fraction of sp³-hybridized carbons (Fsp3) is 0.316. The van der Waals surface area contributed by atoms with Crippen LogP contribution in [0.2, 0.25) is 0 Å². The van der Waals surface area contributed by atoms with Gasteiger partial charge in [-0.15, -0.1) is 0 Å². The van der Waals surface area contributed by atoms with Crippen LogP contribution < -0.4 is 9.47 Å². The van der Waals surface area contributed by atoms with Crippen molar-refractivity contribution < 1.29 is 24.5 Å². The average molecular weight is 328 g/mol. The van der Waals surface area contributed by atoms with E-state index in [4.69, 9.17) is 14.6 Å². The molecular weight excluding hydrogens is 308 g/mol. The number of carboxylic acids is 1. The molecule has 0 aliphatic heterocycles. The first kappa shape index (κ1) is 16.3. The van der Waals surface area contributed by atoms with Gasteiger partial charge in [-0.2, -0.15) is 0 Å². The molecule has 2 atom stereocenters. The molecule has 2 aromatic carbocycles. The Bertz CT molecular complexity index is 731. The second kappa shape index (κ2) is 6.17. The van der Waals surface area contributed by atoms with E-state index >= 15 is 0 Å². The van der Waals surface area contributed by atoms with E-state index in [-0.39, 0.29) is 11.5 Å². The van der Waals surface area contributed by atoms with Crippen LogP contribution in [0.5, 0.6) is 11.5 Å². The van der Waals surface area contributed by atoms with Gasteiger partial charge in [0.25, 0.3) is 0 Å². The third-order valence-corrected chi connectivity index (χ3v) is 4.80. The molecule has 0 radical (unpaired) electrons. The summed E-state index contributed by atoms with van der Waals surface area (Å²) in [7, 11) is 3.19. The molecule has 0 amide bonds. The van der Waals surface area contributed by atoms with Gasteiger partial charge >= 0.3 is 5.97 Å². The topological polar surface area (TPSA) is 76.0 Å². The standard InChI is InChI=1S/C19H20O5/c1-23-15-9-13(10-16(11-15)24-2)17-7-8-19(17,22)14-5-3-12(4-6-14)18(20)21/h3-6,9-11,17,22H,7-8H2,1-2H3,(H,20,21)/t17-,19-/m0/s1. The fourth-order valence-corrected chi connectivity index (χ4v) is 3.28. The zero-order valence-corrected chi connectivity index (χ0v) is 13.7. The van der Waals surface area contributed by atoms with E-state index in [1.807, 2.05) is 12.1 Å². The van der Waals surface area contributed by atoms with Crippen LogP contribution in [0.3, 0.4) is 0 Å². The SMILES string of the molecule is COc1cc(OC)cc([C@@H]2CC[C@]2(O)c2ccc(C(=O)O)cc2)c1. The summed E-state index contributed by atoms with van der Waals surface area (Å²) in [4.78, 5) is 11.0. The number of hydrogen-bond donors (Lipinski definition) is 2. The van der Waals surface area contributed by atoms with Crippen LogP contribution in [-0.2, 0) is 5.60 Å². The Labute approximate surface area is 140 Å². The number of aromatic carboxylic acids is 1. The fourth-order valence-electron chi connectivity index (χ4n) is 3.28. The summed E-state index contributed by atoms with van der Waals surface area (Å²) in [5.74, 6) is 0.299. The predicted octanol–water partition coefficient (Wildman–Crippen LogP) is 3.17. The first-order chi connectivity index (χ1) is 11.5. The number of ether oxygens (including phenoxy) is 2. The summed E-state index contributed by atoms with van der Waals surface area (Å²) in [6.45, 7) is 0. The van der Waals surface area contributed by atoms with Gasteiger partial charge in [0.2, 0.25) is 0 Å². The normalized spacial score (nSPS) is 22.5. The molecule has 0 saturated heterocycles. The maximum atomic E-state index is 11.1. The van der Waals surface area contributed by atoms with Crippen molar-refractivity contribution in [3.63, 3.8) is 0 Å². The number of hydrogen-bond acceptors (Lipinski definition) is 4. The molecule has 0 heterocycles. The average Bonchev–Trinajstić information content (AvgIpc) is 2.59. The van der Waals surface area contributed by atoms with Gasteiger partial charge in [0.15, 0.2) is 0 Å². The summed E-state index contributed by atoms with van der Waals surface area (Å²) >= 11 is 0. The Morgan fingerprint density at radius 3 is 2.08 bits per heavy atom. The largest absolute Gasteiger partial charge is 0.497 e. The Hall–Kier alpha value is -2.53. The molecule has 5 nitrogen and oxygen atoms in total. The van der Waals surface area contributed by atoms with Crippen LogP contribution >= 0.6 is 0 Å². The molecule has 126 valence electrons. The van der Waals surface area contributed by atoms with Crippen LogP contribution in [0, 0.1) is 0 Å². The smallest absolute Gasteiger partial charge is 0.335 e. The lowest BCUT2D eigenvalue weighted by Crippen LogP contribution is -2.42. The third kappa shape index (κ3) is 2.71. The lowest BCUT2D eigenvalue weighted by molar-refractivity contribution is -0.0645. The molecule has 0 unspecified atom stereocenters. The zero-order chi connectivity index (χ0) is 17.3. The maximum absolute atomic E-state index is 11.1. The van der Waals surface area contributed by atoms with Crippen LogP contribution in [0.25, 0.3) is 0 Å². The van der Waals surface area contributed by atoms with Gasteiger partial charge in [-0.05, 0) is 48.2 Å². The van der Waals surface area contributed by atoms with E-state index in [2.05, 4.69) is 0 Å². The minimum atomic E-state index is -1.01. The summed E-state index contributed by atoms with van der Waals surface area (Å²) in [6.07, 6.45) is 1.47. The molecule has 0 bridgehead atoms. The van der Waals surface area contributed by atoms with Gasteiger partial charge in [-0.1, -0.05) is 12.1 Å². The van der Waals surface area contributed by atoms with E-state index in [9.17, 15) is 9.90 Å². The van der Waals surface area contributed by atoms with Crippen LogP contribution in [0.1, 0.15) is 40.2 Å². The highest BCUT2D eigenvalue weighted by molar-refractivity contribution is 5.87. The van der Waals surface area contributed by atoms with E-state index < -0.39 is 11.6 Å². The highest BCUT2D eigenvalue weighted by Crippen LogP contribution is 2.53. The zero-order valence-electron chi connectivity index (χ0n) is 13.7. The van der Waals surface area contributed by atoms with Crippen molar-refractivity contribution in [2.24, 2.45) is 0 Å². The Morgan fingerprint density at radius 2 is 1.67 bits per heavy atom. The molecule has 1 aliphatic rings. The minimum absolute atomic E-state index is 0.0859. The molecule has 2 aromatic rings. The Morgan fingerprint density at radius 1 is 1.08 bits per heavy atom. The molecule has 24 heavy (non-hydrogen) atoms. The Kier molecular flexibility index (Phi) is 4.20. The third-order valence-electron chi connectivity index (χ3n) is 4.80. The van der Waals surface area contributed by atoms with Crippen molar-refractivity contribution in [1.29, 1.82) is 0 Å². The summed E-state index contributed by atoms with van der Waals surface area (Å²) in [6, 6.07) is 12.0. The van der Waals surface area contributed by atoms with Crippen molar-refractivity contribution >= 4 is 5.97 Å². The summed E-state index contributed by atoms with van der Waals surface area (Å²) < 4.78 is 10.6. The van der Waals surface area contributed by atoms with Crippen molar-refractivity contribution in [2.75, 3.05) is 14.2 Å². The Balaban J connectivity index is 1.94. The first-order valence-corrected chi connectivity index (χ1v) is 7.77. The molecule has 1 aliphatic carbocycles. The van der Waals surface area contributed by atoms with Crippen LogP contribution in [0.4, 0.5) is 0 Å². The lowest BCUT2D eigenvalue weighted by atomic mass is 9.63. The number of benzene rings is 2. The van der Waals surface area contributed by atoms with E-state index in [0.717, 1.165) is 17.5 Å². The molecular formula is C19H20O5. The molecule has 3 rings (SSSR count). The number of carboxylic acid groups (broad SMARTS) is 1. The van der Waals surface area contributed by atoms with Gasteiger partial charge < -0.3 is 19.7 Å². The monoisotopic (exact) mass is 328 g/mol. The van der Waals surface area contributed by atoms with Crippen molar-refractivity contribution in [2.45, 2.75) is 24.4 Å². The number of rotatable bonds is 5. The highest BCUT2D eigenvalue weighted by Gasteiger charge is 2.47. The second-order valence-corrected chi connectivity index (χ2v) is 6.04. The molecule has 1 fully saturated rings. The summed E-state index contributed by atoms with van der Waals surface area (Å²) in [5.41, 5.74) is 0.878. The quantitative estimate of drug-likeness (QED) is 0.882. The van der Waals surface area contributed by atoms with Gasteiger partial charge in [0.1, 0.15) is 11.5 Å². The lowest BCUT2D eigenvalue weighted by Gasteiger charge is -2.46. The second-order valence-electron chi connectivity index (χ2n) is 6.04. The van der Waals surface area contributed by atoms with Crippen molar-refractivity contribution in [3.05, 3.63) is 59.2 Å². The number of methoxy groups -OCH3 is 2. The van der Waals surface area contributed by atoms with Gasteiger partial charge in [0.05, 0.1) is 25.4 Å². The summed E-state index contributed by atoms with van der Waals surface area (Å²) in [5, 5.41) is 20.1. The number of carbonyl (C=O) groups is 1. The first-order valence-electron chi connectivity index (χ1n) is 7.77. The van der Waals surface area contributed by atoms with Gasteiger partial charge in [-0.25, -0.2) is 4.79 Å². The van der Waals surface area contributed by atoms with Crippen molar-refractivity contribution in [3.8, 4) is 11.5 Å². The van der Waals surface area contributed by atoms with Gasteiger partial charge in [-0.3, -0.25) is 0 Å². The van der Waals surface area contributed by atoms with Crippen LogP contribution in [-0.4, -0.2) is 30.4 Å². The molecule has 2 N–H and O–H groups in total. The molecule has 0 spiro atoms. The molecule has 0 aromatic heterocycles. The molecule has 5 heteroatoms. The number of aliphatic hydroxyl groups is 1. The van der Waals surface area contributed by atoms with E-state index in [1.165, 1.54) is 12.1 Å². The minimum Gasteiger partial charge on any atom is -0.497 e. The van der Waals surface area contributed by atoms with E-state index in [0.29, 0.717) is 17.9 Å². The predicted molar refractivity (Wildman–Crippen MR) is 88.8 cm³/mol. The molecule has 1 saturated carbocycles.